The highest BCUT2D eigenvalue weighted by molar-refractivity contribution is 5.88. The van der Waals surface area contributed by atoms with Gasteiger partial charge < -0.3 is 15.0 Å². The molecular formula is C24H30N2O2. The SMILES string of the molecule is CCCCNC(=O)C[C@@H](c1ccc(OC)cc1)c1c[nH]c2c(CC)cccc12. The van der Waals surface area contributed by atoms with Crippen LogP contribution in [0.2, 0.25) is 0 Å². The minimum atomic E-state index is -0.00612. The van der Waals surface area contributed by atoms with Gasteiger partial charge in [0.05, 0.1) is 7.11 Å². The van der Waals surface area contributed by atoms with E-state index >= 15 is 0 Å². The average Bonchev–Trinajstić information content (AvgIpc) is 3.16. The molecule has 0 bridgehead atoms. The standard InChI is InChI=1S/C24H30N2O2/c1-4-6-14-25-23(27)15-21(18-10-12-19(28-3)13-11-18)22-16-26-24-17(5-2)8-7-9-20(22)24/h7-13,16,21,26H,4-6,14-15H2,1-3H3,(H,25,27)/t21-/m0/s1. The Morgan fingerprint density at radius 2 is 1.93 bits per heavy atom. The second kappa shape index (κ2) is 9.45. The summed E-state index contributed by atoms with van der Waals surface area (Å²) in [6.07, 6.45) is 5.55. The van der Waals surface area contributed by atoms with Crippen molar-refractivity contribution < 1.29 is 9.53 Å². The summed E-state index contributed by atoms with van der Waals surface area (Å²) >= 11 is 0. The van der Waals surface area contributed by atoms with Crippen molar-refractivity contribution in [2.45, 2.75) is 45.4 Å². The van der Waals surface area contributed by atoms with E-state index in [4.69, 9.17) is 4.74 Å². The maximum atomic E-state index is 12.6. The smallest absolute Gasteiger partial charge is 0.220 e. The molecular weight excluding hydrogens is 348 g/mol. The van der Waals surface area contributed by atoms with Gasteiger partial charge in [0.25, 0.3) is 0 Å². The minimum absolute atomic E-state index is 0.00612. The zero-order valence-corrected chi connectivity index (χ0v) is 17.0. The van der Waals surface area contributed by atoms with Crippen LogP contribution in [-0.2, 0) is 11.2 Å². The van der Waals surface area contributed by atoms with E-state index < -0.39 is 0 Å². The summed E-state index contributed by atoms with van der Waals surface area (Å²) in [5, 5.41) is 4.26. The highest BCUT2D eigenvalue weighted by Crippen LogP contribution is 2.35. The number of hydrogen-bond donors (Lipinski definition) is 2. The Balaban J connectivity index is 1.97. The Morgan fingerprint density at radius 3 is 2.61 bits per heavy atom. The first-order valence-corrected chi connectivity index (χ1v) is 10.2. The molecule has 2 aromatic carbocycles. The number of unbranched alkanes of at least 4 members (excludes halogenated alkanes) is 1. The molecule has 2 N–H and O–H groups in total. The van der Waals surface area contributed by atoms with Crippen LogP contribution in [0, 0.1) is 0 Å². The van der Waals surface area contributed by atoms with Crippen LogP contribution in [0.3, 0.4) is 0 Å². The molecule has 0 saturated carbocycles. The first kappa shape index (κ1) is 20.0. The van der Waals surface area contributed by atoms with Gasteiger partial charge in [-0.3, -0.25) is 4.79 Å². The predicted octanol–water partition coefficient (Wildman–Crippen LogP) is 5.18. The third-order valence-electron chi connectivity index (χ3n) is 5.35. The monoisotopic (exact) mass is 378 g/mol. The predicted molar refractivity (Wildman–Crippen MR) is 115 cm³/mol. The van der Waals surface area contributed by atoms with Crippen LogP contribution in [0.25, 0.3) is 10.9 Å². The third kappa shape index (κ3) is 4.38. The van der Waals surface area contributed by atoms with Gasteiger partial charge in [0.2, 0.25) is 5.91 Å². The molecule has 0 spiro atoms. The number of aromatic amines is 1. The normalized spacial score (nSPS) is 12.1. The van der Waals surface area contributed by atoms with E-state index in [1.165, 1.54) is 22.0 Å². The Labute approximate surface area is 167 Å². The van der Waals surface area contributed by atoms with Gasteiger partial charge in [0.15, 0.2) is 0 Å². The van der Waals surface area contributed by atoms with Gasteiger partial charge in [-0.05, 0) is 41.7 Å². The molecule has 0 fully saturated rings. The van der Waals surface area contributed by atoms with E-state index in [0.29, 0.717) is 6.42 Å². The molecule has 3 aromatic rings. The molecule has 0 aliphatic carbocycles. The largest absolute Gasteiger partial charge is 0.497 e. The van der Waals surface area contributed by atoms with Crippen molar-refractivity contribution in [2.75, 3.05) is 13.7 Å². The molecule has 0 saturated heterocycles. The van der Waals surface area contributed by atoms with Crippen LogP contribution in [0.15, 0.2) is 48.7 Å². The maximum Gasteiger partial charge on any atom is 0.220 e. The average molecular weight is 379 g/mol. The molecule has 0 radical (unpaired) electrons. The zero-order valence-electron chi connectivity index (χ0n) is 17.0. The number of nitrogens with one attached hydrogen (secondary N) is 2. The molecule has 0 aliphatic heterocycles. The number of H-pyrrole nitrogens is 1. The lowest BCUT2D eigenvalue weighted by atomic mass is 9.87. The van der Waals surface area contributed by atoms with Gasteiger partial charge in [-0.1, -0.05) is 50.6 Å². The number of amides is 1. The summed E-state index contributed by atoms with van der Waals surface area (Å²) in [7, 11) is 1.67. The Morgan fingerprint density at radius 1 is 1.14 bits per heavy atom. The minimum Gasteiger partial charge on any atom is -0.497 e. The van der Waals surface area contributed by atoms with Crippen molar-refractivity contribution in [1.29, 1.82) is 0 Å². The Bertz CT molecular complexity index is 912. The highest BCUT2D eigenvalue weighted by atomic mass is 16.5. The molecule has 1 atom stereocenters. The van der Waals surface area contributed by atoms with Crippen molar-refractivity contribution in [3.8, 4) is 5.75 Å². The number of rotatable bonds is 9. The van der Waals surface area contributed by atoms with Crippen LogP contribution in [-0.4, -0.2) is 24.5 Å². The fourth-order valence-electron chi connectivity index (χ4n) is 3.73. The molecule has 148 valence electrons. The van der Waals surface area contributed by atoms with Crippen LogP contribution in [0.1, 0.15) is 55.7 Å². The first-order valence-electron chi connectivity index (χ1n) is 10.2. The van der Waals surface area contributed by atoms with Crippen LogP contribution in [0.5, 0.6) is 5.75 Å². The number of hydrogen-bond acceptors (Lipinski definition) is 2. The molecule has 1 amide bonds. The van der Waals surface area contributed by atoms with Crippen molar-refractivity contribution >= 4 is 16.8 Å². The molecule has 28 heavy (non-hydrogen) atoms. The lowest BCUT2D eigenvalue weighted by Gasteiger charge is -2.18. The summed E-state index contributed by atoms with van der Waals surface area (Å²) in [4.78, 5) is 16.1. The van der Waals surface area contributed by atoms with Gasteiger partial charge >= 0.3 is 0 Å². The summed E-state index contributed by atoms with van der Waals surface area (Å²) < 4.78 is 5.30. The molecule has 0 aliphatic rings. The number of para-hydroxylation sites is 1. The fraction of sp³-hybridized carbons (Fsp3) is 0.375. The molecule has 3 rings (SSSR count). The summed E-state index contributed by atoms with van der Waals surface area (Å²) in [6.45, 7) is 5.03. The van der Waals surface area contributed by atoms with Gasteiger partial charge in [-0.25, -0.2) is 0 Å². The van der Waals surface area contributed by atoms with E-state index in [9.17, 15) is 4.79 Å². The third-order valence-corrected chi connectivity index (χ3v) is 5.35. The van der Waals surface area contributed by atoms with Crippen molar-refractivity contribution in [1.82, 2.24) is 10.3 Å². The van der Waals surface area contributed by atoms with E-state index in [-0.39, 0.29) is 11.8 Å². The highest BCUT2D eigenvalue weighted by Gasteiger charge is 2.22. The number of methoxy groups -OCH3 is 1. The molecule has 0 unspecified atom stereocenters. The topological polar surface area (TPSA) is 54.1 Å². The lowest BCUT2D eigenvalue weighted by Crippen LogP contribution is -2.26. The molecule has 1 aromatic heterocycles. The second-order valence-electron chi connectivity index (χ2n) is 7.17. The summed E-state index contributed by atoms with van der Waals surface area (Å²) in [5.74, 6) is 0.908. The number of carbonyl (C=O) groups excluding carboxylic acids is 1. The van der Waals surface area contributed by atoms with Gasteiger partial charge in [0.1, 0.15) is 5.75 Å². The number of aromatic nitrogens is 1. The number of aryl methyl sites for hydroxylation is 1. The lowest BCUT2D eigenvalue weighted by molar-refractivity contribution is -0.121. The summed E-state index contributed by atoms with van der Waals surface area (Å²) in [5.41, 5.74) is 4.75. The quantitative estimate of drug-likeness (QED) is 0.504. The van der Waals surface area contributed by atoms with E-state index in [1.807, 2.05) is 12.1 Å². The van der Waals surface area contributed by atoms with Crippen molar-refractivity contribution in [2.24, 2.45) is 0 Å². The Kier molecular flexibility index (Phi) is 6.75. The number of carbonyl (C=O) groups is 1. The zero-order chi connectivity index (χ0) is 19.9. The van der Waals surface area contributed by atoms with Crippen LogP contribution in [0.4, 0.5) is 0 Å². The van der Waals surface area contributed by atoms with E-state index in [0.717, 1.165) is 37.1 Å². The fourth-order valence-corrected chi connectivity index (χ4v) is 3.73. The van der Waals surface area contributed by atoms with E-state index in [2.05, 4.69) is 60.7 Å². The van der Waals surface area contributed by atoms with Gasteiger partial charge in [-0.2, -0.15) is 0 Å². The van der Waals surface area contributed by atoms with Crippen molar-refractivity contribution in [3.05, 3.63) is 65.4 Å². The Hall–Kier alpha value is -2.75. The first-order chi connectivity index (χ1) is 13.7. The van der Waals surface area contributed by atoms with Gasteiger partial charge in [0, 0.05) is 36.0 Å². The molecule has 4 nitrogen and oxygen atoms in total. The number of fused-ring (bicyclic) bond motifs is 1. The second-order valence-corrected chi connectivity index (χ2v) is 7.17. The number of ether oxygens (including phenoxy) is 1. The van der Waals surface area contributed by atoms with Crippen LogP contribution >= 0.6 is 0 Å². The van der Waals surface area contributed by atoms with Crippen LogP contribution < -0.4 is 10.1 Å². The maximum absolute atomic E-state index is 12.6. The van der Waals surface area contributed by atoms with E-state index in [1.54, 1.807) is 7.11 Å². The molecule has 1 heterocycles. The molecule has 4 heteroatoms. The van der Waals surface area contributed by atoms with Gasteiger partial charge in [-0.15, -0.1) is 0 Å². The summed E-state index contributed by atoms with van der Waals surface area (Å²) in [6, 6.07) is 14.4. The van der Waals surface area contributed by atoms with Crippen molar-refractivity contribution in [3.63, 3.8) is 0 Å². The number of benzene rings is 2.